The predicted octanol–water partition coefficient (Wildman–Crippen LogP) is 2.68. The summed E-state index contributed by atoms with van der Waals surface area (Å²) in [6, 6.07) is 8.66. The number of nitrogens with one attached hydrogen (secondary N) is 2. The number of rotatable bonds is 8. The fourth-order valence-electron chi connectivity index (χ4n) is 3.30. The van der Waals surface area contributed by atoms with E-state index in [0.717, 1.165) is 50.5 Å². The Morgan fingerprint density at radius 2 is 1.93 bits per heavy atom. The van der Waals surface area contributed by atoms with Crippen molar-refractivity contribution in [2.24, 2.45) is 5.73 Å². The lowest BCUT2D eigenvalue weighted by atomic mass is 10.2. The van der Waals surface area contributed by atoms with Gasteiger partial charge in [-0.2, -0.15) is 4.98 Å². The number of primary amides is 1. The van der Waals surface area contributed by atoms with Gasteiger partial charge >= 0.3 is 0 Å². The predicted molar refractivity (Wildman–Crippen MR) is 119 cm³/mol. The van der Waals surface area contributed by atoms with Gasteiger partial charge in [0.2, 0.25) is 5.95 Å². The number of nitrogens with two attached hydrogens (primary N) is 1. The van der Waals surface area contributed by atoms with Crippen LogP contribution in [-0.4, -0.2) is 58.2 Å². The molecule has 4 rings (SSSR count). The topological polar surface area (TPSA) is 99.4 Å². The number of nitrogens with zero attached hydrogens (tertiary/aromatic N) is 4. The van der Waals surface area contributed by atoms with E-state index in [4.69, 9.17) is 5.73 Å². The van der Waals surface area contributed by atoms with Crippen LogP contribution in [0, 0.1) is 0 Å². The van der Waals surface area contributed by atoms with E-state index in [1.807, 2.05) is 24.1 Å². The minimum atomic E-state index is -0.526. The molecule has 1 aromatic carbocycles. The van der Waals surface area contributed by atoms with Crippen molar-refractivity contribution >= 4 is 41.0 Å². The SMILES string of the molecule is CCSN1CCN(c2ccc(Nc3ncc(C(N)=O)c(NC4CC4)n3)cc2)CC1. The molecule has 0 unspecified atom stereocenters. The van der Waals surface area contributed by atoms with Gasteiger partial charge in [0.25, 0.3) is 5.91 Å². The maximum absolute atomic E-state index is 11.6. The molecule has 1 aliphatic heterocycles. The summed E-state index contributed by atoms with van der Waals surface area (Å²) in [6.07, 6.45) is 3.64. The Morgan fingerprint density at radius 3 is 2.55 bits per heavy atom. The van der Waals surface area contributed by atoms with E-state index in [2.05, 4.69) is 48.9 Å². The fourth-order valence-corrected chi connectivity index (χ4v) is 4.08. The monoisotopic (exact) mass is 413 g/mol. The lowest BCUT2D eigenvalue weighted by Gasteiger charge is -2.35. The molecule has 2 aliphatic rings. The Labute approximate surface area is 175 Å². The highest BCUT2D eigenvalue weighted by Gasteiger charge is 2.24. The number of carbonyl (C=O) groups excluding carboxylic acids is 1. The third-order valence-corrected chi connectivity index (χ3v) is 6.00. The van der Waals surface area contributed by atoms with Crippen molar-refractivity contribution in [2.45, 2.75) is 25.8 Å². The molecule has 8 nitrogen and oxygen atoms in total. The zero-order valence-electron chi connectivity index (χ0n) is 16.6. The van der Waals surface area contributed by atoms with Gasteiger partial charge < -0.3 is 21.3 Å². The largest absolute Gasteiger partial charge is 0.369 e. The molecule has 2 heterocycles. The van der Waals surface area contributed by atoms with Crippen LogP contribution >= 0.6 is 11.9 Å². The molecule has 2 fully saturated rings. The van der Waals surface area contributed by atoms with Gasteiger partial charge in [0, 0.05) is 55.5 Å². The van der Waals surface area contributed by atoms with Gasteiger partial charge in [0.1, 0.15) is 5.82 Å². The third kappa shape index (κ3) is 5.10. The summed E-state index contributed by atoms with van der Waals surface area (Å²) in [4.78, 5) is 22.7. The molecule has 0 atom stereocenters. The van der Waals surface area contributed by atoms with Gasteiger partial charge in [0.05, 0.1) is 5.56 Å². The number of hydrogen-bond acceptors (Lipinski definition) is 8. The van der Waals surface area contributed by atoms with Crippen molar-refractivity contribution < 1.29 is 4.79 Å². The molecule has 4 N–H and O–H groups in total. The van der Waals surface area contributed by atoms with Crippen LogP contribution in [0.5, 0.6) is 0 Å². The summed E-state index contributed by atoms with van der Waals surface area (Å²) in [5.74, 6) is 1.54. The number of piperazine rings is 1. The van der Waals surface area contributed by atoms with Crippen LogP contribution in [0.1, 0.15) is 30.1 Å². The molecule has 0 radical (unpaired) electrons. The van der Waals surface area contributed by atoms with Crippen LogP contribution in [0.3, 0.4) is 0 Å². The number of hydrogen-bond donors (Lipinski definition) is 3. The van der Waals surface area contributed by atoms with Gasteiger partial charge in [-0.3, -0.25) is 4.79 Å². The molecule has 154 valence electrons. The zero-order chi connectivity index (χ0) is 20.2. The van der Waals surface area contributed by atoms with Crippen LogP contribution in [0.4, 0.5) is 23.1 Å². The maximum Gasteiger partial charge on any atom is 0.254 e. The van der Waals surface area contributed by atoms with E-state index in [1.165, 1.54) is 11.9 Å². The van der Waals surface area contributed by atoms with Gasteiger partial charge in [-0.1, -0.05) is 18.9 Å². The van der Waals surface area contributed by atoms with E-state index in [0.29, 0.717) is 23.4 Å². The zero-order valence-corrected chi connectivity index (χ0v) is 17.4. The molecule has 2 aromatic rings. The number of benzene rings is 1. The highest BCUT2D eigenvalue weighted by atomic mass is 32.2. The highest BCUT2D eigenvalue weighted by molar-refractivity contribution is 7.96. The molecule has 1 aromatic heterocycles. The van der Waals surface area contributed by atoms with Crippen molar-refractivity contribution in [1.29, 1.82) is 0 Å². The summed E-state index contributed by atoms with van der Waals surface area (Å²) in [7, 11) is 0. The average Bonchev–Trinajstić information content (AvgIpc) is 3.53. The number of amides is 1. The van der Waals surface area contributed by atoms with Crippen LogP contribution in [0.2, 0.25) is 0 Å². The van der Waals surface area contributed by atoms with E-state index in [-0.39, 0.29) is 0 Å². The Balaban J connectivity index is 1.40. The summed E-state index contributed by atoms with van der Waals surface area (Å²) in [5.41, 5.74) is 7.88. The van der Waals surface area contributed by atoms with Crippen molar-refractivity contribution in [1.82, 2.24) is 14.3 Å². The minimum absolute atomic E-state index is 0.318. The number of anilines is 4. The summed E-state index contributed by atoms with van der Waals surface area (Å²) in [5, 5.41) is 6.47. The van der Waals surface area contributed by atoms with Crippen molar-refractivity contribution in [2.75, 3.05) is 47.5 Å². The summed E-state index contributed by atoms with van der Waals surface area (Å²) < 4.78 is 2.44. The second kappa shape index (κ2) is 8.87. The van der Waals surface area contributed by atoms with Crippen LogP contribution in [0.25, 0.3) is 0 Å². The summed E-state index contributed by atoms with van der Waals surface area (Å²) >= 11 is 1.91. The second-order valence-corrected chi connectivity index (χ2v) is 8.60. The van der Waals surface area contributed by atoms with Crippen molar-refractivity contribution in [3.63, 3.8) is 0 Å². The number of carbonyl (C=O) groups is 1. The molecule has 1 aliphatic carbocycles. The Hall–Kier alpha value is -2.52. The van der Waals surface area contributed by atoms with Gasteiger partial charge in [-0.05, 0) is 37.1 Å². The van der Waals surface area contributed by atoms with Gasteiger partial charge in [0.15, 0.2) is 0 Å². The lowest BCUT2D eigenvalue weighted by molar-refractivity contribution is 0.100. The molecule has 0 spiro atoms. The Bertz CT molecular complexity index is 848. The van der Waals surface area contributed by atoms with Crippen LogP contribution < -0.4 is 21.3 Å². The minimum Gasteiger partial charge on any atom is -0.369 e. The van der Waals surface area contributed by atoms with E-state index in [1.54, 1.807) is 0 Å². The Morgan fingerprint density at radius 1 is 1.21 bits per heavy atom. The lowest BCUT2D eigenvalue weighted by Crippen LogP contribution is -2.43. The van der Waals surface area contributed by atoms with E-state index in [9.17, 15) is 4.79 Å². The smallest absolute Gasteiger partial charge is 0.254 e. The first-order valence-electron chi connectivity index (χ1n) is 10.1. The van der Waals surface area contributed by atoms with Gasteiger partial charge in [-0.25, -0.2) is 9.29 Å². The van der Waals surface area contributed by atoms with E-state index >= 15 is 0 Å². The van der Waals surface area contributed by atoms with Gasteiger partial charge in [-0.15, -0.1) is 0 Å². The highest BCUT2D eigenvalue weighted by Crippen LogP contribution is 2.27. The normalized spacial score (nSPS) is 17.2. The molecule has 1 saturated heterocycles. The Kier molecular flexibility index (Phi) is 6.05. The first-order chi connectivity index (χ1) is 14.1. The molecule has 1 amide bonds. The van der Waals surface area contributed by atoms with Crippen molar-refractivity contribution in [3.8, 4) is 0 Å². The van der Waals surface area contributed by atoms with Crippen LogP contribution in [0.15, 0.2) is 30.5 Å². The molecule has 0 bridgehead atoms. The van der Waals surface area contributed by atoms with Crippen LogP contribution in [-0.2, 0) is 0 Å². The number of aromatic nitrogens is 2. The maximum atomic E-state index is 11.6. The molecular weight excluding hydrogens is 386 g/mol. The quantitative estimate of drug-likeness (QED) is 0.568. The molecular formula is C20H27N7OS. The third-order valence-electron chi connectivity index (χ3n) is 5.01. The first kappa shape index (κ1) is 19.8. The molecule has 9 heteroatoms. The summed E-state index contributed by atoms with van der Waals surface area (Å²) in [6.45, 7) is 6.42. The fraction of sp³-hybridized carbons (Fsp3) is 0.450. The van der Waals surface area contributed by atoms with Crippen molar-refractivity contribution in [3.05, 3.63) is 36.0 Å². The van der Waals surface area contributed by atoms with E-state index < -0.39 is 5.91 Å². The molecule has 29 heavy (non-hydrogen) atoms. The first-order valence-corrected chi connectivity index (χ1v) is 11.0. The average molecular weight is 414 g/mol. The standard InChI is InChI=1S/C20H27N7OS/c1-2-29-27-11-9-26(10-12-27)16-7-5-15(6-8-16)24-20-22-13-17(18(21)28)19(25-20)23-14-3-4-14/h5-8,13-14H,2-4,9-12H2,1H3,(H2,21,28)(H2,22,23,24,25). The molecule has 1 saturated carbocycles. The second-order valence-electron chi connectivity index (χ2n) is 7.24.